The summed E-state index contributed by atoms with van der Waals surface area (Å²) in [5, 5.41) is 19.3. The molecule has 6 aromatic rings. The molecule has 14 heteroatoms. The van der Waals surface area contributed by atoms with Crippen LogP contribution in [-0.2, 0) is 22.4 Å². The highest BCUT2D eigenvalue weighted by molar-refractivity contribution is 5.72. The van der Waals surface area contributed by atoms with Gasteiger partial charge in [0.2, 0.25) is 0 Å². The SMILES string of the molecule is Cc1cc(-c2cnc(C3CCCc4ccc([C@H](C5CC5)[C@H](C)C(=O)O)cc4O3)cn2)c(F)cn1.Cc1cc(-c2cnc(C3CCCc4ccc([C@H](C5CC5)[C@H](C)C(=O)O)cc4O3)cn2)c(F)cn1. The van der Waals surface area contributed by atoms with Crippen molar-refractivity contribution in [2.75, 3.05) is 0 Å². The van der Waals surface area contributed by atoms with E-state index in [0.29, 0.717) is 57.1 Å². The van der Waals surface area contributed by atoms with Crippen LogP contribution in [0.4, 0.5) is 8.78 Å². The lowest BCUT2D eigenvalue weighted by Crippen LogP contribution is -2.20. The van der Waals surface area contributed by atoms with Crippen molar-refractivity contribution in [3.05, 3.63) is 142 Å². The maximum absolute atomic E-state index is 14.2. The number of ether oxygens (including phenoxy) is 2. The number of aryl methyl sites for hydroxylation is 4. The molecule has 2 aliphatic carbocycles. The van der Waals surface area contributed by atoms with Gasteiger partial charge in [-0.2, -0.15) is 0 Å². The molecule has 0 radical (unpaired) electrons. The number of halogens is 2. The molecule has 68 heavy (non-hydrogen) atoms. The Morgan fingerprint density at radius 2 is 0.971 bits per heavy atom. The second-order valence-corrected chi connectivity index (χ2v) is 19.0. The molecule has 6 atom stereocenters. The van der Waals surface area contributed by atoms with E-state index in [1.807, 2.05) is 12.1 Å². The van der Waals surface area contributed by atoms with Crippen molar-refractivity contribution in [1.82, 2.24) is 29.9 Å². The van der Waals surface area contributed by atoms with Gasteiger partial charge in [-0.05, 0) is 148 Å². The van der Waals surface area contributed by atoms with Crippen molar-refractivity contribution in [3.8, 4) is 34.0 Å². The first kappa shape index (κ1) is 46.4. The summed E-state index contributed by atoms with van der Waals surface area (Å²) in [5.41, 5.74) is 8.80. The van der Waals surface area contributed by atoms with Crippen LogP contribution in [0.15, 0.2) is 85.7 Å². The van der Waals surface area contributed by atoms with E-state index in [1.165, 1.54) is 12.4 Å². The maximum Gasteiger partial charge on any atom is 0.306 e. The lowest BCUT2D eigenvalue weighted by atomic mass is 9.82. The van der Waals surface area contributed by atoms with Crippen molar-refractivity contribution < 1.29 is 38.1 Å². The Kier molecular flexibility index (Phi) is 13.6. The Bertz CT molecular complexity index is 2610. The second kappa shape index (κ2) is 19.9. The van der Waals surface area contributed by atoms with Crippen molar-refractivity contribution >= 4 is 11.9 Å². The van der Waals surface area contributed by atoms with Crippen molar-refractivity contribution in [2.45, 2.75) is 116 Å². The molecule has 4 aromatic heterocycles. The molecule has 2 fully saturated rings. The fourth-order valence-electron chi connectivity index (χ4n) is 9.91. The Balaban J connectivity index is 0.000000170. The average Bonchev–Trinajstić information content (AvgIpc) is 4.26. The van der Waals surface area contributed by atoms with Gasteiger partial charge in [-0.3, -0.25) is 39.5 Å². The molecule has 10 rings (SSSR count). The first-order valence-electron chi connectivity index (χ1n) is 23.7. The molecule has 0 saturated heterocycles. The van der Waals surface area contributed by atoms with Crippen LogP contribution in [0.25, 0.3) is 22.5 Å². The van der Waals surface area contributed by atoms with Crippen molar-refractivity contribution in [3.63, 3.8) is 0 Å². The zero-order chi connectivity index (χ0) is 47.6. The minimum atomic E-state index is -0.762. The van der Waals surface area contributed by atoms with Crippen LogP contribution in [0.2, 0.25) is 0 Å². The summed E-state index contributed by atoms with van der Waals surface area (Å²) in [4.78, 5) is 49.4. The Hall–Kier alpha value is -6.70. The van der Waals surface area contributed by atoms with Gasteiger partial charge in [0, 0.05) is 22.5 Å². The number of hydrogen-bond donors (Lipinski definition) is 2. The number of nitrogens with zero attached hydrogens (tertiary/aromatic N) is 6. The maximum atomic E-state index is 14.2. The molecular formula is C54H56F2N6O6. The molecule has 2 unspecified atom stereocenters. The van der Waals surface area contributed by atoms with E-state index in [2.05, 4.69) is 54.2 Å². The van der Waals surface area contributed by atoms with Gasteiger partial charge < -0.3 is 19.7 Å². The standard InChI is InChI=1S/2C27H28FN3O3/c2*1-15-10-20(21(28)12-29-15)22-13-31-23(14-30-22)24-5-3-4-17-6-9-19(11-25(17)34-24)26(18-7-8-18)16(2)27(32)33/h2*6,9-14,16,18,24,26H,3-5,7-8H2,1-2H3,(H,32,33)/t2*16-,24?,26-/m00/s1. The highest BCUT2D eigenvalue weighted by Crippen LogP contribution is 2.49. The average molecular weight is 923 g/mol. The molecule has 352 valence electrons. The molecule has 0 spiro atoms. The van der Waals surface area contributed by atoms with E-state index in [4.69, 9.17) is 9.47 Å². The summed E-state index contributed by atoms with van der Waals surface area (Å²) in [6, 6.07) is 15.7. The number of fused-ring (bicyclic) bond motifs is 2. The Morgan fingerprint density at radius 1 is 0.559 bits per heavy atom. The lowest BCUT2D eigenvalue weighted by Gasteiger charge is -2.23. The third-order valence-corrected chi connectivity index (χ3v) is 14.0. The minimum Gasteiger partial charge on any atom is -0.484 e. The zero-order valence-corrected chi connectivity index (χ0v) is 38.7. The number of aromatic nitrogens is 6. The smallest absolute Gasteiger partial charge is 0.306 e. The largest absolute Gasteiger partial charge is 0.484 e. The van der Waals surface area contributed by atoms with E-state index in [1.54, 1.807) is 64.6 Å². The zero-order valence-electron chi connectivity index (χ0n) is 38.7. The first-order valence-corrected chi connectivity index (χ1v) is 23.7. The lowest BCUT2D eigenvalue weighted by molar-refractivity contribution is -0.143. The molecule has 4 aliphatic rings. The summed E-state index contributed by atoms with van der Waals surface area (Å²) in [6.45, 7) is 7.21. The Labute approximate surface area is 394 Å². The van der Waals surface area contributed by atoms with Crippen molar-refractivity contribution in [1.29, 1.82) is 0 Å². The molecule has 6 heterocycles. The van der Waals surface area contributed by atoms with Crippen LogP contribution >= 0.6 is 0 Å². The summed E-state index contributed by atoms with van der Waals surface area (Å²) in [5.74, 6) is -0.857. The normalized spacial score (nSPS) is 19.4. The minimum absolute atomic E-state index is 0.00843. The van der Waals surface area contributed by atoms with E-state index in [-0.39, 0.29) is 24.0 Å². The van der Waals surface area contributed by atoms with Gasteiger partial charge in [-0.15, -0.1) is 0 Å². The summed E-state index contributed by atoms with van der Waals surface area (Å²) < 4.78 is 41.3. The molecule has 2 aromatic carbocycles. The van der Waals surface area contributed by atoms with Gasteiger partial charge in [0.15, 0.2) is 11.6 Å². The number of benzene rings is 2. The second-order valence-electron chi connectivity index (χ2n) is 19.0. The van der Waals surface area contributed by atoms with Crippen LogP contribution in [0.1, 0.15) is 134 Å². The number of aliphatic carboxylic acids is 2. The fourth-order valence-corrected chi connectivity index (χ4v) is 9.91. The molecule has 2 saturated carbocycles. The van der Waals surface area contributed by atoms with E-state index < -0.39 is 35.4 Å². The van der Waals surface area contributed by atoms with Gasteiger partial charge in [0.25, 0.3) is 0 Å². The van der Waals surface area contributed by atoms with Crippen LogP contribution in [-0.4, -0.2) is 52.1 Å². The van der Waals surface area contributed by atoms with Crippen LogP contribution < -0.4 is 9.47 Å². The number of hydrogen-bond acceptors (Lipinski definition) is 10. The molecule has 2 aliphatic heterocycles. The van der Waals surface area contributed by atoms with E-state index in [9.17, 15) is 28.6 Å². The molecule has 0 amide bonds. The van der Waals surface area contributed by atoms with Gasteiger partial charge in [0.05, 0.1) is 71.8 Å². The number of pyridine rings is 2. The Morgan fingerprint density at radius 3 is 1.32 bits per heavy atom. The third kappa shape index (κ3) is 10.4. The molecule has 0 bridgehead atoms. The van der Waals surface area contributed by atoms with E-state index in [0.717, 1.165) is 98.0 Å². The summed E-state index contributed by atoms with van der Waals surface area (Å²) in [6.07, 6.45) is 17.9. The predicted molar refractivity (Wildman–Crippen MR) is 250 cm³/mol. The molecular weight excluding hydrogens is 867 g/mol. The van der Waals surface area contributed by atoms with Crippen LogP contribution in [0.5, 0.6) is 11.5 Å². The third-order valence-electron chi connectivity index (χ3n) is 14.0. The van der Waals surface area contributed by atoms with Crippen molar-refractivity contribution in [2.24, 2.45) is 23.7 Å². The van der Waals surface area contributed by atoms with Gasteiger partial charge >= 0.3 is 11.9 Å². The summed E-state index contributed by atoms with van der Waals surface area (Å²) >= 11 is 0. The van der Waals surface area contributed by atoms with Gasteiger partial charge in [-0.25, -0.2) is 8.78 Å². The number of rotatable bonds is 12. The summed E-state index contributed by atoms with van der Waals surface area (Å²) in [7, 11) is 0. The highest BCUT2D eigenvalue weighted by atomic mass is 19.1. The predicted octanol–water partition coefficient (Wildman–Crippen LogP) is 11.3. The van der Waals surface area contributed by atoms with E-state index >= 15 is 0 Å². The topological polar surface area (TPSA) is 170 Å². The van der Waals surface area contributed by atoms with Crippen LogP contribution in [0.3, 0.4) is 0 Å². The molecule has 2 N–H and O–H groups in total. The number of carbonyl (C=O) groups is 2. The monoisotopic (exact) mass is 922 g/mol. The number of carboxylic acids is 2. The molecule has 12 nitrogen and oxygen atoms in total. The highest BCUT2D eigenvalue weighted by Gasteiger charge is 2.40. The number of carboxylic acid groups (broad SMARTS) is 2. The fraction of sp³-hybridized carbons (Fsp3) is 0.407. The van der Waals surface area contributed by atoms with Crippen LogP contribution in [0, 0.1) is 49.2 Å². The van der Waals surface area contributed by atoms with Gasteiger partial charge in [0.1, 0.15) is 23.7 Å². The first-order chi connectivity index (χ1) is 32.8. The van der Waals surface area contributed by atoms with Gasteiger partial charge in [-0.1, -0.05) is 38.1 Å². The quantitative estimate of drug-likeness (QED) is 0.119.